The Hall–Kier alpha value is -2.26. The molecule has 0 aliphatic carbocycles. The van der Waals surface area contributed by atoms with Crippen LogP contribution in [0.3, 0.4) is 0 Å². The van der Waals surface area contributed by atoms with Crippen molar-refractivity contribution < 1.29 is 4.39 Å². The van der Waals surface area contributed by atoms with E-state index in [2.05, 4.69) is 35.4 Å². The van der Waals surface area contributed by atoms with Crippen LogP contribution in [0.15, 0.2) is 60.8 Å². The number of halogens is 1. The molecule has 3 heteroatoms. The summed E-state index contributed by atoms with van der Waals surface area (Å²) in [7, 11) is 0. The highest BCUT2D eigenvalue weighted by atomic mass is 19.1. The molecule has 0 bridgehead atoms. The Morgan fingerprint density at radius 2 is 1.81 bits per heavy atom. The van der Waals surface area contributed by atoms with Gasteiger partial charge in [-0.25, -0.2) is 4.39 Å². The van der Waals surface area contributed by atoms with E-state index in [0.29, 0.717) is 0 Å². The fourth-order valence-corrected chi connectivity index (χ4v) is 2.44. The minimum atomic E-state index is -0.204. The van der Waals surface area contributed by atoms with Crippen LogP contribution >= 0.6 is 0 Å². The molecule has 0 spiro atoms. The summed E-state index contributed by atoms with van der Waals surface area (Å²) in [5.74, 6) is -0.204. The van der Waals surface area contributed by atoms with Gasteiger partial charge in [0.25, 0.3) is 0 Å². The first-order valence-electron chi connectivity index (χ1n) is 7.05. The maximum absolute atomic E-state index is 12.9. The first kappa shape index (κ1) is 13.7. The zero-order valence-electron chi connectivity index (χ0n) is 11.9. The number of nitrogens with zero attached hydrogens (tertiary/aromatic N) is 1. The van der Waals surface area contributed by atoms with Crippen molar-refractivity contribution >= 4 is 10.9 Å². The van der Waals surface area contributed by atoms with E-state index in [1.54, 1.807) is 0 Å². The molecule has 2 nitrogen and oxygen atoms in total. The molecule has 0 aliphatic rings. The Morgan fingerprint density at radius 3 is 2.62 bits per heavy atom. The molecule has 106 valence electrons. The predicted molar refractivity (Wildman–Crippen MR) is 83.4 cm³/mol. The van der Waals surface area contributed by atoms with Crippen LogP contribution in [0.1, 0.15) is 24.1 Å². The number of hydrogen-bond donors (Lipinski definition) is 1. The molecule has 0 amide bonds. The minimum Gasteiger partial charge on any atom is -0.306 e. The first-order valence-corrected chi connectivity index (χ1v) is 7.05. The van der Waals surface area contributed by atoms with Gasteiger partial charge in [0.1, 0.15) is 5.82 Å². The van der Waals surface area contributed by atoms with Crippen molar-refractivity contribution in [2.75, 3.05) is 0 Å². The molecule has 21 heavy (non-hydrogen) atoms. The summed E-state index contributed by atoms with van der Waals surface area (Å²) in [5, 5.41) is 4.61. The van der Waals surface area contributed by atoms with Gasteiger partial charge in [0, 0.05) is 24.2 Å². The van der Waals surface area contributed by atoms with Crippen LogP contribution in [0.2, 0.25) is 0 Å². The molecule has 1 aromatic heterocycles. The lowest BCUT2D eigenvalue weighted by atomic mass is 10.1. The molecule has 0 unspecified atom stereocenters. The monoisotopic (exact) mass is 280 g/mol. The number of pyridine rings is 1. The Kier molecular flexibility index (Phi) is 3.93. The van der Waals surface area contributed by atoms with Gasteiger partial charge in [0.05, 0.1) is 5.52 Å². The van der Waals surface area contributed by atoms with Gasteiger partial charge in [-0.1, -0.05) is 36.4 Å². The molecule has 0 aliphatic heterocycles. The molecule has 0 radical (unpaired) electrons. The highest BCUT2D eigenvalue weighted by molar-refractivity contribution is 5.81. The number of nitrogens with one attached hydrogen (secondary N) is 1. The van der Waals surface area contributed by atoms with Gasteiger partial charge in [-0.2, -0.15) is 0 Å². The van der Waals surface area contributed by atoms with Gasteiger partial charge in [-0.15, -0.1) is 0 Å². The average Bonchev–Trinajstić information content (AvgIpc) is 2.53. The third-order valence-electron chi connectivity index (χ3n) is 3.68. The standard InChI is InChI=1S/C18H17FN2/c1-13(14-7-9-17(19)10-8-14)21-12-16-5-2-4-15-6-3-11-20-18(15)16/h2-11,13,21H,12H2,1H3/t13-/m0/s1. The third kappa shape index (κ3) is 3.09. The number of fused-ring (bicyclic) bond motifs is 1. The van der Waals surface area contributed by atoms with Crippen LogP contribution in [-0.4, -0.2) is 4.98 Å². The Balaban J connectivity index is 1.76. The molecule has 0 saturated heterocycles. The average molecular weight is 280 g/mol. The van der Waals surface area contributed by atoms with Crippen LogP contribution in [0, 0.1) is 5.82 Å². The van der Waals surface area contributed by atoms with E-state index in [0.717, 1.165) is 23.0 Å². The number of benzene rings is 2. The molecule has 0 fully saturated rings. The fourth-order valence-electron chi connectivity index (χ4n) is 2.44. The van der Waals surface area contributed by atoms with E-state index < -0.39 is 0 Å². The van der Waals surface area contributed by atoms with E-state index in [9.17, 15) is 4.39 Å². The summed E-state index contributed by atoms with van der Waals surface area (Å²) in [5.41, 5.74) is 3.27. The predicted octanol–water partition coefficient (Wildman–Crippen LogP) is 4.22. The van der Waals surface area contributed by atoms with Crippen molar-refractivity contribution in [3.63, 3.8) is 0 Å². The van der Waals surface area contributed by atoms with E-state index in [1.807, 2.05) is 30.5 Å². The molecule has 0 saturated carbocycles. The molecule has 1 atom stereocenters. The van der Waals surface area contributed by atoms with Crippen molar-refractivity contribution in [3.05, 3.63) is 77.7 Å². The highest BCUT2D eigenvalue weighted by Crippen LogP contribution is 2.18. The van der Waals surface area contributed by atoms with Crippen molar-refractivity contribution in [1.29, 1.82) is 0 Å². The van der Waals surface area contributed by atoms with Crippen LogP contribution in [0.4, 0.5) is 4.39 Å². The van der Waals surface area contributed by atoms with Crippen molar-refractivity contribution in [1.82, 2.24) is 10.3 Å². The summed E-state index contributed by atoms with van der Waals surface area (Å²) in [6, 6.07) is 17.0. The van der Waals surface area contributed by atoms with E-state index in [1.165, 1.54) is 17.7 Å². The van der Waals surface area contributed by atoms with Gasteiger partial charge >= 0.3 is 0 Å². The maximum atomic E-state index is 12.9. The van der Waals surface area contributed by atoms with E-state index >= 15 is 0 Å². The first-order chi connectivity index (χ1) is 10.2. The highest BCUT2D eigenvalue weighted by Gasteiger charge is 2.07. The Bertz CT molecular complexity index is 732. The van der Waals surface area contributed by atoms with Crippen molar-refractivity contribution in [2.24, 2.45) is 0 Å². The SMILES string of the molecule is C[C@H](NCc1cccc2cccnc12)c1ccc(F)cc1. The topological polar surface area (TPSA) is 24.9 Å². The molecule has 3 rings (SSSR count). The molecular weight excluding hydrogens is 263 g/mol. The van der Waals surface area contributed by atoms with Gasteiger partial charge in [0.15, 0.2) is 0 Å². The van der Waals surface area contributed by atoms with Crippen LogP contribution in [0.25, 0.3) is 10.9 Å². The third-order valence-corrected chi connectivity index (χ3v) is 3.68. The summed E-state index contributed by atoms with van der Waals surface area (Å²) in [6.07, 6.45) is 1.81. The van der Waals surface area contributed by atoms with E-state index in [4.69, 9.17) is 0 Å². The normalized spacial score (nSPS) is 12.5. The van der Waals surface area contributed by atoms with Crippen molar-refractivity contribution in [2.45, 2.75) is 19.5 Å². The number of para-hydroxylation sites is 1. The van der Waals surface area contributed by atoms with E-state index in [-0.39, 0.29) is 11.9 Å². The largest absolute Gasteiger partial charge is 0.306 e. The van der Waals surface area contributed by atoms with Gasteiger partial charge in [-0.3, -0.25) is 4.98 Å². The van der Waals surface area contributed by atoms with Crippen molar-refractivity contribution in [3.8, 4) is 0 Å². The summed E-state index contributed by atoms with van der Waals surface area (Å²) >= 11 is 0. The van der Waals surface area contributed by atoms with Crippen LogP contribution in [-0.2, 0) is 6.54 Å². The Morgan fingerprint density at radius 1 is 1.05 bits per heavy atom. The molecule has 3 aromatic rings. The zero-order chi connectivity index (χ0) is 14.7. The smallest absolute Gasteiger partial charge is 0.123 e. The zero-order valence-corrected chi connectivity index (χ0v) is 11.9. The molecule has 1 heterocycles. The molecule has 1 N–H and O–H groups in total. The number of aromatic nitrogens is 1. The van der Waals surface area contributed by atoms with Gasteiger partial charge < -0.3 is 5.32 Å². The fraction of sp³-hybridized carbons (Fsp3) is 0.167. The second kappa shape index (κ2) is 6.02. The summed E-state index contributed by atoms with van der Waals surface area (Å²) < 4.78 is 12.9. The number of hydrogen-bond acceptors (Lipinski definition) is 2. The van der Waals surface area contributed by atoms with Gasteiger partial charge in [0.2, 0.25) is 0 Å². The second-order valence-corrected chi connectivity index (χ2v) is 5.15. The van der Waals surface area contributed by atoms with Crippen LogP contribution < -0.4 is 5.32 Å². The lowest BCUT2D eigenvalue weighted by molar-refractivity contribution is 0.572. The van der Waals surface area contributed by atoms with Gasteiger partial charge in [-0.05, 0) is 36.2 Å². The Labute approximate surface area is 123 Å². The second-order valence-electron chi connectivity index (χ2n) is 5.15. The molecular formula is C18H17FN2. The quantitative estimate of drug-likeness (QED) is 0.773. The lowest BCUT2D eigenvalue weighted by Gasteiger charge is -2.15. The summed E-state index contributed by atoms with van der Waals surface area (Å²) in [6.45, 7) is 2.80. The van der Waals surface area contributed by atoms with Crippen LogP contribution in [0.5, 0.6) is 0 Å². The number of rotatable bonds is 4. The lowest BCUT2D eigenvalue weighted by Crippen LogP contribution is -2.18. The minimum absolute atomic E-state index is 0.157. The maximum Gasteiger partial charge on any atom is 0.123 e. The summed E-state index contributed by atoms with van der Waals surface area (Å²) in [4.78, 5) is 4.45. The molecule has 2 aromatic carbocycles.